The van der Waals surface area contributed by atoms with Crippen LogP contribution in [0.2, 0.25) is 0 Å². The molecule has 3 aromatic rings. The lowest BCUT2D eigenvalue weighted by Gasteiger charge is -2.26. The van der Waals surface area contributed by atoms with Crippen LogP contribution in [0.4, 0.5) is 30.2 Å². The van der Waals surface area contributed by atoms with Gasteiger partial charge >= 0.3 is 6.18 Å². The van der Waals surface area contributed by atoms with Crippen LogP contribution in [-0.4, -0.2) is 34.4 Å². The van der Waals surface area contributed by atoms with E-state index < -0.39 is 17.8 Å². The van der Waals surface area contributed by atoms with E-state index in [4.69, 9.17) is 12.2 Å². The van der Waals surface area contributed by atoms with Gasteiger partial charge in [0.05, 0.1) is 23.4 Å². The number of thiocarbonyl (C=S) groups is 1. The Balaban J connectivity index is 1.27. The third-order valence-corrected chi connectivity index (χ3v) is 6.72. The van der Waals surface area contributed by atoms with Gasteiger partial charge in [0.2, 0.25) is 5.91 Å². The second-order valence-corrected chi connectivity index (χ2v) is 9.36. The van der Waals surface area contributed by atoms with Crippen molar-refractivity contribution < 1.29 is 22.8 Å². The molecule has 3 aromatic carbocycles. The molecular weight excluding hydrogens is 501 g/mol. The van der Waals surface area contributed by atoms with E-state index in [1.54, 1.807) is 40.1 Å². The molecule has 2 heterocycles. The summed E-state index contributed by atoms with van der Waals surface area (Å²) in [5, 5.41) is 6.09. The summed E-state index contributed by atoms with van der Waals surface area (Å²) in [7, 11) is 0. The van der Waals surface area contributed by atoms with Gasteiger partial charge in [-0.3, -0.25) is 9.59 Å². The first-order valence-corrected chi connectivity index (χ1v) is 12.2. The number of hydrogen-bond acceptors (Lipinski definition) is 3. The molecular formula is C27H23F3N4O2S. The normalized spacial score (nSPS) is 17.2. The number of benzene rings is 3. The van der Waals surface area contributed by atoms with E-state index in [1.807, 2.05) is 18.2 Å². The van der Waals surface area contributed by atoms with Crippen molar-refractivity contribution in [2.45, 2.75) is 31.6 Å². The molecule has 0 aromatic heterocycles. The number of hydrogen-bond donors (Lipinski definition) is 2. The van der Waals surface area contributed by atoms with Gasteiger partial charge in [0.1, 0.15) is 6.04 Å². The summed E-state index contributed by atoms with van der Waals surface area (Å²) in [6.45, 7) is 0.889. The summed E-state index contributed by atoms with van der Waals surface area (Å²) >= 11 is 5.28. The van der Waals surface area contributed by atoms with E-state index in [0.29, 0.717) is 42.1 Å². The van der Waals surface area contributed by atoms with Crippen molar-refractivity contribution in [3.05, 3.63) is 89.5 Å². The Kier molecular flexibility index (Phi) is 6.59. The number of amides is 2. The van der Waals surface area contributed by atoms with Crippen molar-refractivity contribution >= 4 is 46.2 Å². The van der Waals surface area contributed by atoms with E-state index in [2.05, 4.69) is 10.6 Å². The molecule has 2 amide bonds. The molecule has 5 rings (SSSR count). The van der Waals surface area contributed by atoms with Crippen molar-refractivity contribution in [2.75, 3.05) is 22.1 Å². The van der Waals surface area contributed by atoms with Gasteiger partial charge < -0.3 is 20.4 Å². The molecule has 6 nitrogen and oxygen atoms in total. The molecule has 0 bridgehead atoms. The molecule has 10 heteroatoms. The number of carbonyl (C=O) groups is 2. The maximum atomic E-state index is 13.4. The average Bonchev–Trinajstić information content (AvgIpc) is 3.35. The van der Waals surface area contributed by atoms with Gasteiger partial charge in [-0.05, 0) is 79.2 Å². The summed E-state index contributed by atoms with van der Waals surface area (Å²) in [5.74, 6) is -0.192. The predicted molar refractivity (Wildman–Crippen MR) is 139 cm³/mol. The van der Waals surface area contributed by atoms with Crippen LogP contribution in [0.3, 0.4) is 0 Å². The van der Waals surface area contributed by atoms with Gasteiger partial charge in [0, 0.05) is 17.9 Å². The number of alkyl halides is 3. The number of nitrogens with one attached hydrogen (secondary N) is 2. The highest BCUT2D eigenvalue weighted by Gasteiger charge is 2.41. The average molecular weight is 525 g/mol. The first-order chi connectivity index (χ1) is 17.7. The minimum atomic E-state index is -4.40. The monoisotopic (exact) mass is 524 g/mol. The highest BCUT2D eigenvalue weighted by Crippen LogP contribution is 2.33. The zero-order valence-corrected chi connectivity index (χ0v) is 20.4. The maximum absolute atomic E-state index is 13.4. The Bertz CT molecular complexity index is 1340. The lowest BCUT2D eigenvalue weighted by atomic mass is 10.1. The minimum absolute atomic E-state index is 0.0834. The number of rotatable bonds is 4. The molecule has 0 saturated carbocycles. The Labute approximate surface area is 217 Å². The number of anilines is 3. The summed E-state index contributed by atoms with van der Waals surface area (Å²) in [5.41, 5.74) is 2.37. The number of fused-ring (bicyclic) bond motifs is 2. The molecule has 1 atom stereocenters. The Morgan fingerprint density at radius 1 is 0.919 bits per heavy atom. The van der Waals surface area contributed by atoms with Crippen LogP contribution >= 0.6 is 12.2 Å². The van der Waals surface area contributed by atoms with E-state index in [1.165, 1.54) is 12.1 Å². The molecule has 0 spiro atoms. The molecule has 1 fully saturated rings. The summed E-state index contributed by atoms with van der Waals surface area (Å²) in [6.07, 6.45) is -2.94. The van der Waals surface area contributed by atoms with E-state index in [0.717, 1.165) is 24.1 Å². The fourth-order valence-electron chi connectivity index (χ4n) is 4.68. The maximum Gasteiger partial charge on any atom is 0.416 e. The van der Waals surface area contributed by atoms with Crippen LogP contribution in [-0.2, 0) is 17.5 Å². The van der Waals surface area contributed by atoms with Gasteiger partial charge in [0.15, 0.2) is 5.11 Å². The van der Waals surface area contributed by atoms with Crippen LogP contribution in [0.25, 0.3) is 0 Å². The van der Waals surface area contributed by atoms with Crippen molar-refractivity contribution in [3.8, 4) is 0 Å². The highest BCUT2D eigenvalue weighted by atomic mass is 32.1. The number of carbonyl (C=O) groups excluding carboxylic acids is 2. The second-order valence-electron chi connectivity index (χ2n) is 8.95. The lowest BCUT2D eigenvalue weighted by molar-refractivity contribution is -0.137. The third kappa shape index (κ3) is 5.15. The van der Waals surface area contributed by atoms with Gasteiger partial charge in [0.25, 0.3) is 5.91 Å². The van der Waals surface area contributed by atoms with Crippen LogP contribution in [0.15, 0.2) is 72.8 Å². The fourth-order valence-corrected chi connectivity index (χ4v) is 4.92. The van der Waals surface area contributed by atoms with Crippen LogP contribution in [0.1, 0.15) is 34.3 Å². The van der Waals surface area contributed by atoms with Gasteiger partial charge in [-0.1, -0.05) is 24.3 Å². The Hall–Kier alpha value is -3.92. The van der Waals surface area contributed by atoms with Crippen molar-refractivity contribution in [1.82, 2.24) is 4.90 Å². The quantitative estimate of drug-likeness (QED) is 0.431. The highest BCUT2D eigenvalue weighted by molar-refractivity contribution is 7.80. The summed E-state index contributed by atoms with van der Waals surface area (Å²) in [4.78, 5) is 29.9. The second kappa shape index (κ2) is 9.85. The van der Waals surface area contributed by atoms with Gasteiger partial charge in [-0.2, -0.15) is 13.2 Å². The molecule has 1 unspecified atom stereocenters. The number of para-hydroxylation sites is 1. The number of nitrogens with zero attached hydrogens (tertiary/aromatic N) is 2. The van der Waals surface area contributed by atoms with Crippen LogP contribution < -0.4 is 15.5 Å². The van der Waals surface area contributed by atoms with Crippen molar-refractivity contribution in [2.24, 2.45) is 0 Å². The number of halogens is 3. The first kappa shape index (κ1) is 24.8. The molecule has 37 heavy (non-hydrogen) atoms. The van der Waals surface area contributed by atoms with Crippen LogP contribution in [0.5, 0.6) is 0 Å². The fraction of sp³-hybridized carbons (Fsp3) is 0.222. The summed E-state index contributed by atoms with van der Waals surface area (Å²) < 4.78 is 38.2. The molecule has 1 saturated heterocycles. The third-order valence-electron chi connectivity index (χ3n) is 6.51. The SMILES string of the molecule is O=C1C2CCCN2C(=O)c2ccccc2N1Cc1ccc(NC(=S)Nc2ccc(C(F)(F)F)cc2)cc1. The zero-order valence-electron chi connectivity index (χ0n) is 19.6. The van der Waals surface area contributed by atoms with E-state index in [9.17, 15) is 22.8 Å². The minimum Gasteiger partial charge on any atom is -0.332 e. The lowest BCUT2D eigenvalue weighted by Crippen LogP contribution is -2.44. The molecule has 2 aliphatic rings. The van der Waals surface area contributed by atoms with Crippen LogP contribution in [0, 0.1) is 0 Å². The zero-order chi connectivity index (χ0) is 26.2. The van der Waals surface area contributed by atoms with E-state index >= 15 is 0 Å². The molecule has 2 aliphatic heterocycles. The molecule has 0 aliphatic carbocycles. The smallest absolute Gasteiger partial charge is 0.332 e. The summed E-state index contributed by atoms with van der Waals surface area (Å²) in [6, 6.07) is 18.7. The van der Waals surface area contributed by atoms with Gasteiger partial charge in [-0.15, -0.1) is 0 Å². The Morgan fingerprint density at radius 3 is 2.19 bits per heavy atom. The molecule has 190 valence electrons. The molecule has 2 N–H and O–H groups in total. The largest absolute Gasteiger partial charge is 0.416 e. The first-order valence-electron chi connectivity index (χ1n) is 11.8. The van der Waals surface area contributed by atoms with Crippen molar-refractivity contribution in [1.29, 1.82) is 0 Å². The topological polar surface area (TPSA) is 64.7 Å². The predicted octanol–water partition coefficient (Wildman–Crippen LogP) is 5.67. The molecule has 0 radical (unpaired) electrons. The van der Waals surface area contributed by atoms with Crippen molar-refractivity contribution in [3.63, 3.8) is 0 Å². The van der Waals surface area contributed by atoms with Gasteiger partial charge in [-0.25, -0.2) is 0 Å². The van der Waals surface area contributed by atoms with E-state index in [-0.39, 0.29) is 16.9 Å². The Morgan fingerprint density at radius 2 is 1.54 bits per heavy atom. The standard InChI is InChI=1S/C27H23F3N4O2S/c28-27(29,30)18-9-13-20(14-10-18)32-26(37)31-19-11-7-17(8-12-19)16-34-22-5-2-1-4-21(22)24(35)33-15-3-6-23(33)25(34)36/h1-2,4-5,7-14,23H,3,6,15-16H2,(H2,31,32,37).